The Kier molecular flexibility index (Phi) is 3.45. The average molecular weight is 321 g/mol. The number of carbonyl (C=O) groups is 1. The van der Waals surface area contributed by atoms with E-state index in [1.165, 1.54) is 0 Å². The van der Waals surface area contributed by atoms with Gasteiger partial charge in [-0.05, 0) is 20.3 Å². The number of benzene rings is 1. The quantitative estimate of drug-likeness (QED) is 0.776. The number of nitrogens with zero attached hydrogens (tertiary/aromatic N) is 3. The lowest BCUT2D eigenvalue weighted by Gasteiger charge is -2.14. The SMILES string of the molecule is Cc1nn2c(N[C@@H]3CCNC3=O)cc(-c3ccccc3)nc2c1C. The molecular formula is C18H19N5O. The van der Waals surface area contributed by atoms with E-state index in [0.29, 0.717) is 6.54 Å². The van der Waals surface area contributed by atoms with Gasteiger partial charge in [0.05, 0.1) is 11.4 Å². The monoisotopic (exact) mass is 321 g/mol. The number of fused-ring (bicyclic) bond motifs is 1. The van der Waals surface area contributed by atoms with Gasteiger partial charge in [-0.15, -0.1) is 0 Å². The van der Waals surface area contributed by atoms with Crippen molar-refractivity contribution in [3.63, 3.8) is 0 Å². The fourth-order valence-electron chi connectivity index (χ4n) is 3.00. The summed E-state index contributed by atoms with van der Waals surface area (Å²) in [4.78, 5) is 16.7. The number of carbonyl (C=O) groups excluding carboxylic acids is 1. The molecule has 2 aromatic heterocycles. The summed E-state index contributed by atoms with van der Waals surface area (Å²) in [5.41, 5.74) is 4.71. The lowest BCUT2D eigenvalue weighted by molar-refractivity contribution is -0.119. The Morgan fingerprint density at radius 1 is 1.25 bits per heavy atom. The molecule has 1 aliphatic rings. The predicted molar refractivity (Wildman–Crippen MR) is 92.9 cm³/mol. The third-order valence-electron chi connectivity index (χ3n) is 4.50. The van der Waals surface area contributed by atoms with E-state index in [1.807, 2.05) is 50.2 Å². The lowest BCUT2D eigenvalue weighted by atomic mass is 10.1. The Balaban J connectivity index is 1.87. The van der Waals surface area contributed by atoms with Crippen molar-refractivity contribution < 1.29 is 4.79 Å². The average Bonchev–Trinajstić information content (AvgIpc) is 3.13. The number of hydrogen-bond donors (Lipinski definition) is 2. The maximum atomic E-state index is 11.9. The van der Waals surface area contributed by atoms with E-state index >= 15 is 0 Å². The van der Waals surface area contributed by atoms with Crippen molar-refractivity contribution >= 4 is 17.4 Å². The van der Waals surface area contributed by atoms with E-state index in [9.17, 15) is 4.79 Å². The standard InChI is InChI=1S/C18H19N5O/c1-11-12(2)22-23-16(20-14-8-9-19-18(14)24)10-15(21-17(11)23)13-6-4-3-5-7-13/h3-7,10,14,20H,8-9H2,1-2H3,(H,19,24)/t14-/m1/s1. The van der Waals surface area contributed by atoms with Gasteiger partial charge in [-0.25, -0.2) is 4.98 Å². The van der Waals surface area contributed by atoms with Crippen molar-refractivity contribution in [3.8, 4) is 11.3 Å². The van der Waals surface area contributed by atoms with Crippen molar-refractivity contribution in [2.24, 2.45) is 0 Å². The summed E-state index contributed by atoms with van der Waals surface area (Å²) in [6.45, 7) is 4.69. The number of aryl methyl sites for hydroxylation is 2. The highest BCUT2D eigenvalue weighted by molar-refractivity contribution is 5.86. The fourth-order valence-corrected chi connectivity index (χ4v) is 3.00. The lowest BCUT2D eigenvalue weighted by Crippen LogP contribution is -2.30. The van der Waals surface area contributed by atoms with Gasteiger partial charge in [0.15, 0.2) is 5.65 Å². The number of anilines is 1. The van der Waals surface area contributed by atoms with Gasteiger partial charge >= 0.3 is 0 Å². The first-order valence-electron chi connectivity index (χ1n) is 8.10. The summed E-state index contributed by atoms with van der Waals surface area (Å²) in [6.07, 6.45) is 0.766. The summed E-state index contributed by atoms with van der Waals surface area (Å²) in [6, 6.07) is 11.8. The van der Waals surface area contributed by atoms with Crippen LogP contribution in [0.5, 0.6) is 0 Å². The number of nitrogens with one attached hydrogen (secondary N) is 2. The molecule has 2 N–H and O–H groups in total. The Labute approximate surface area is 139 Å². The molecule has 0 radical (unpaired) electrons. The van der Waals surface area contributed by atoms with Crippen LogP contribution in [0.1, 0.15) is 17.7 Å². The minimum atomic E-state index is -0.232. The highest BCUT2D eigenvalue weighted by atomic mass is 16.2. The molecule has 6 nitrogen and oxygen atoms in total. The molecule has 1 amide bonds. The normalized spacial score (nSPS) is 17.2. The number of rotatable bonds is 3. The van der Waals surface area contributed by atoms with Crippen LogP contribution in [0.2, 0.25) is 0 Å². The molecule has 3 aromatic rings. The molecule has 122 valence electrons. The van der Waals surface area contributed by atoms with Gasteiger partial charge in [-0.2, -0.15) is 9.61 Å². The van der Waals surface area contributed by atoms with Crippen molar-refractivity contribution in [2.45, 2.75) is 26.3 Å². The molecule has 0 aliphatic carbocycles. The van der Waals surface area contributed by atoms with Crippen LogP contribution in [0.4, 0.5) is 5.82 Å². The maximum absolute atomic E-state index is 11.9. The summed E-state index contributed by atoms with van der Waals surface area (Å²) >= 11 is 0. The molecule has 3 heterocycles. The molecule has 0 saturated carbocycles. The zero-order valence-corrected chi connectivity index (χ0v) is 13.7. The molecule has 0 bridgehead atoms. The van der Waals surface area contributed by atoms with Crippen LogP contribution < -0.4 is 10.6 Å². The van der Waals surface area contributed by atoms with E-state index in [4.69, 9.17) is 4.98 Å². The highest BCUT2D eigenvalue weighted by Crippen LogP contribution is 2.25. The summed E-state index contributed by atoms with van der Waals surface area (Å²) in [5, 5.41) is 10.8. The predicted octanol–water partition coefficient (Wildman–Crippen LogP) is 2.31. The van der Waals surface area contributed by atoms with Gasteiger partial charge in [0.1, 0.15) is 11.9 Å². The molecule has 1 atom stereocenters. The Hall–Kier alpha value is -2.89. The van der Waals surface area contributed by atoms with E-state index in [1.54, 1.807) is 4.52 Å². The van der Waals surface area contributed by atoms with Crippen molar-refractivity contribution in [2.75, 3.05) is 11.9 Å². The topological polar surface area (TPSA) is 71.3 Å². The second-order valence-corrected chi connectivity index (χ2v) is 6.12. The van der Waals surface area contributed by atoms with E-state index in [2.05, 4.69) is 15.7 Å². The number of amides is 1. The van der Waals surface area contributed by atoms with E-state index in [-0.39, 0.29) is 11.9 Å². The zero-order valence-electron chi connectivity index (χ0n) is 13.7. The van der Waals surface area contributed by atoms with Crippen LogP contribution in [0, 0.1) is 13.8 Å². The molecule has 0 spiro atoms. The van der Waals surface area contributed by atoms with Crippen LogP contribution in [0.25, 0.3) is 16.9 Å². The third-order valence-corrected chi connectivity index (χ3v) is 4.50. The van der Waals surface area contributed by atoms with Gasteiger partial charge in [-0.1, -0.05) is 30.3 Å². The van der Waals surface area contributed by atoms with E-state index in [0.717, 1.165) is 40.4 Å². The van der Waals surface area contributed by atoms with E-state index < -0.39 is 0 Å². The third kappa shape index (κ3) is 2.40. The summed E-state index contributed by atoms with van der Waals surface area (Å²) < 4.78 is 1.79. The second-order valence-electron chi connectivity index (χ2n) is 6.12. The Morgan fingerprint density at radius 3 is 2.75 bits per heavy atom. The molecule has 0 unspecified atom stereocenters. The van der Waals surface area contributed by atoms with Crippen LogP contribution in [-0.4, -0.2) is 33.1 Å². The largest absolute Gasteiger partial charge is 0.358 e. The minimum absolute atomic E-state index is 0.0295. The van der Waals surface area contributed by atoms with Crippen LogP contribution >= 0.6 is 0 Å². The highest BCUT2D eigenvalue weighted by Gasteiger charge is 2.25. The van der Waals surface area contributed by atoms with Crippen molar-refractivity contribution in [1.82, 2.24) is 19.9 Å². The zero-order chi connectivity index (χ0) is 16.7. The summed E-state index contributed by atoms with van der Waals surface area (Å²) in [7, 11) is 0. The molecule has 1 saturated heterocycles. The van der Waals surface area contributed by atoms with Gasteiger partial charge < -0.3 is 10.6 Å². The van der Waals surface area contributed by atoms with Crippen molar-refractivity contribution in [3.05, 3.63) is 47.7 Å². The molecule has 1 aliphatic heterocycles. The molecule has 6 heteroatoms. The molecule has 1 aromatic carbocycles. The Bertz CT molecular complexity index is 916. The van der Waals surface area contributed by atoms with Crippen molar-refractivity contribution in [1.29, 1.82) is 0 Å². The first-order valence-corrected chi connectivity index (χ1v) is 8.10. The van der Waals surface area contributed by atoms with Gasteiger partial charge in [0.25, 0.3) is 0 Å². The minimum Gasteiger partial charge on any atom is -0.358 e. The number of hydrogen-bond acceptors (Lipinski definition) is 4. The molecule has 4 rings (SSSR count). The molecule has 24 heavy (non-hydrogen) atoms. The second kappa shape index (κ2) is 5.63. The molecular weight excluding hydrogens is 302 g/mol. The first-order chi connectivity index (χ1) is 11.6. The summed E-state index contributed by atoms with van der Waals surface area (Å²) in [5.74, 6) is 0.818. The van der Waals surface area contributed by atoms with Gasteiger partial charge in [0, 0.05) is 23.7 Å². The Morgan fingerprint density at radius 2 is 2.04 bits per heavy atom. The van der Waals surface area contributed by atoms with Crippen LogP contribution in [0.15, 0.2) is 36.4 Å². The fraction of sp³-hybridized carbons (Fsp3) is 0.278. The molecule has 1 fully saturated rings. The van der Waals surface area contributed by atoms with Gasteiger partial charge in [-0.3, -0.25) is 4.79 Å². The first kappa shape index (κ1) is 14.7. The van der Waals surface area contributed by atoms with Gasteiger partial charge in [0.2, 0.25) is 5.91 Å². The van der Waals surface area contributed by atoms with Crippen LogP contribution in [0.3, 0.4) is 0 Å². The number of aromatic nitrogens is 3. The van der Waals surface area contributed by atoms with Crippen LogP contribution in [-0.2, 0) is 4.79 Å². The maximum Gasteiger partial charge on any atom is 0.242 e. The smallest absolute Gasteiger partial charge is 0.242 e.